The Labute approximate surface area is 99.8 Å². The standard InChI is InChI=1S/C14H15NO2/c1-3-12-14(9(2)7-13(17)15-12)10-5-4-6-11(16)8-10/h4-8,16H,3H2,1-2H3,(H,15,17). The molecule has 1 heterocycles. The second-order valence-corrected chi connectivity index (χ2v) is 4.07. The van der Waals surface area contributed by atoms with Crippen molar-refractivity contribution in [1.29, 1.82) is 0 Å². The third kappa shape index (κ3) is 2.23. The highest BCUT2D eigenvalue weighted by molar-refractivity contribution is 5.70. The van der Waals surface area contributed by atoms with Crippen molar-refractivity contribution in [3.63, 3.8) is 0 Å². The van der Waals surface area contributed by atoms with Crippen molar-refractivity contribution in [2.75, 3.05) is 0 Å². The maximum Gasteiger partial charge on any atom is 0.248 e. The number of hydrogen-bond acceptors (Lipinski definition) is 2. The lowest BCUT2D eigenvalue weighted by molar-refractivity contribution is 0.475. The Morgan fingerprint density at radius 1 is 1.29 bits per heavy atom. The molecule has 3 nitrogen and oxygen atoms in total. The molecule has 1 aromatic heterocycles. The quantitative estimate of drug-likeness (QED) is 0.831. The van der Waals surface area contributed by atoms with Gasteiger partial charge in [-0.2, -0.15) is 0 Å². The summed E-state index contributed by atoms with van der Waals surface area (Å²) in [5.74, 6) is 0.232. The van der Waals surface area contributed by atoms with E-state index in [2.05, 4.69) is 4.98 Å². The molecule has 2 rings (SSSR count). The highest BCUT2D eigenvalue weighted by Gasteiger charge is 2.09. The molecule has 0 bridgehead atoms. The van der Waals surface area contributed by atoms with Crippen LogP contribution in [0.15, 0.2) is 35.1 Å². The molecule has 2 aromatic rings. The highest BCUT2D eigenvalue weighted by atomic mass is 16.3. The highest BCUT2D eigenvalue weighted by Crippen LogP contribution is 2.27. The number of pyridine rings is 1. The number of H-pyrrole nitrogens is 1. The van der Waals surface area contributed by atoms with Gasteiger partial charge in [-0.25, -0.2) is 0 Å². The van der Waals surface area contributed by atoms with Crippen LogP contribution in [-0.4, -0.2) is 10.1 Å². The summed E-state index contributed by atoms with van der Waals surface area (Å²) in [6.07, 6.45) is 0.752. The van der Waals surface area contributed by atoms with Crippen LogP contribution in [0.25, 0.3) is 11.1 Å². The van der Waals surface area contributed by atoms with Gasteiger partial charge in [0.25, 0.3) is 0 Å². The molecule has 0 aliphatic heterocycles. The van der Waals surface area contributed by atoms with Crippen molar-refractivity contribution >= 4 is 0 Å². The lowest BCUT2D eigenvalue weighted by atomic mass is 9.98. The molecule has 0 fully saturated rings. The van der Waals surface area contributed by atoms with Crippen LogP contribution >= 0.6 is 0 Å². The number of aryl methyl sites for hydroxylation is 2. The van der Waals surface area contributed by atoms with E-state index >= 15 is 0 Å². The fourth-order valence-corrected chi connectivity index (χ4v) is 2.08. The number of benzene rings is 1. The first-order chi connectivity index (χ1) is 8.11. The van der Waals surface area contributed by atoms with Crippen LogP contribution in [0.4, 0.5) is 0 Å². The Morgan fingerprint density at radius 2 is 2.06 bits per heavy atom. The van der Waals surface area contributed by atoms with Gasteiger partial charge in [0.05, 0.1) is 0 Å². The summed E-state index contributed by atoms with van der Waals surface area (Å²) in [5, 5.41) is 9.51. The van der Waals surface area contributed by atoms with Crippen molar-refractivity contribution in [2.24, 2.45) is 0 Å². The van der Waals surface area contributed by atoms with Crippen LogP contribution in [0.2, 0.25) is 0 Å². The molecule has 0 unspecified atom stereocenters. The SMILES string of the molecule is CCc1[nH]c(=O)cc(C)c1-c1cccc(O)c1. The summed E-state index contributed by atoms with van der Waals surface area (Å²) in [6, 6.07) is 8.66. The van der Waals surface area contributed by atoms with Crippen LogP contribution in [-0.2, 0) is 6.42 Å². The molecule has 0 saturated carbocycles. The Kier molecular flexibility index (Phi) is 3.00. The maximum absolute atomic E-state index is 11.4. The van der Waals surface area contributed by atoms with E-state index in [1.807, 2.05) is 19.9 Å². The van der Waals surface area contributed by atoms with E-state index in [1.54, 1.807) is 24.3 Å². The monoisotopic (exact) mass is 229 g/mol. The topological polar surface area (TPSA) is 53.1 Å². The summed E-state index contributed by atoms with van der Waals surface area (Å²) in [6.45, 7) is 3.91. The molecule has 88 valence electrons. The van der Waals surface area contributed by atoms with Gasteiger partial charge in [-0.15, -0.1) is 0 Å². The summed E-state index contributed by atoms with van der Waals surface area (Å²) in [7, 11) is 0. The van der Waals surface area contributed by atoms with Crippen LogP contribution < -0.4 is 5.56 Å². The molecule has 0 spiro atoms. The van der Waals surface area contributed by atoms with Gasteiger partial charge < -0.3 is 10.1 Å². The molecule has 3 heteroatoms. The summed E-state index contributed by atoms with van der Waals surface area (Å²) >= 11 is 0. The number of hydrogen-bond donors (Lipinski definition) is 2. The van der Waals surface area contributed by atoms with E-state index in [9.17, 15) is 9.90 Å². The van der Waals surface area contributed by atoms with Gasteiger partial charge in [0.15, 0.2) is 0 Å². The third-order valence-corrected chi connectivity index (χ3v) is 2.81. The van der Waals surface area contributed by atoms with Crippen molar-refractivity contribution in [1.82, 2.24) is 4.98 Å². The van der Waals surface area contributed by atoms with E-state index in [0.29, 0.717) is 0 Å². The number of aromatic hydroxyl groups is 1. The Balaban J connectivity index is 2.70. The first kappa shape index (κ1) is 11.5. The fourth-order valence-electron chi connectivity index (χ4n) is 2.08. The molecule has 0 amide bonds. The van der Waals surface area contributed by atoms with E-state index in [1.165, 1.54) is 0 Å². The van der Waals surface area contributed by atoms with Crippen molar-refractivity contribution in [3.05, 3.63) is 51.9 Å². The molecule has 0 radical (unpaired) electrons. The van der Waals surface area contributed by atoms with Crippen LogP contribution in [0.1, 0.15) is 18.2 Å². The van der Waals surface area contributed by atoms with Crippen molar-refractivity contribution < 1.29 is 5.11 Å². The minimum absolute atomic E-state index is 0.0803. The molecule has 2 N–H and O–H groups in total. The number of aromatic nitrogens is 1. The lowest BCUT2D eigenvalue weighted by Crippen LogP contribution is -2.10. The van der Waals surface area contributed by atoms with E-state index in [4.69, 9.17) is 0 Å². The normalized spacial score (nSPS) is 10.5. The smallest absolute Gasteiger partial charge is 0.248 e. The predicted molar refractivity (Wildman–Crippen MR) is 68.3 cm³/mol. The molecular formula is C14H15NO2. The average molecular weight is 229 g/mol. The third-order valence-electron chi connectivity index (χ3n) is 2.81. The lowest BCUT2D eigenvalue weighted by Gasteiger charge is -2.11. The molecule has 0 aliphatic carbocycles. The zero-order valence-electron chi connectivity index (χ0n) is 9.95. The molecule has 17 heavy (non-hydrogen) atoms. The zero-order valence-corrected chi connectivity index (χ0v) is 9.95. The molecular weight excluding hydrogens is 214 g/mol. The zero-order chi connectivity index (χ0) is 12.4. The minimum Gasteiger partial charge on any atom is -0.508 e. The minimum atomic E-state index is -0.0803. The van der Waals surface area contributed by atoms with Crippen LogP contribution in [0.5, 0.6) is 5.75 Å². The van der Waals surface area contributed by atoms with Crippen molar-refractivity contribution in [2.45, 2.75) is 20.3 Å². The van der Waals surface area contributed by atoms with Gasteiger partial charge in [-0.1, -0.05) is 19.1 Å². The Hall–Kier alpha value is -2.03. The second-order valence-electron chi connectivity index (χ2n) is 4.07. The van der Waals surface area contributed by atoms with Crippen LogP contribution in [0.3, 0.4) is 0 Å². The summed E-state index contributed by atoms with van der Waals surface area (Å²) in [4.78, 5) is 14.3. The van der Waals surface area contributed by atoms with Gasteiger partial charge in [-0.3, -0.25) is 4.79 Å². The first-order valence-corrected chi connectivity index (χ1v) is 5.64. The van der Waals surface area contributed by atoms with Gasteiger partial charge in [0.1, 0.15) is 5.75 Å². The fraction of sp³-hybridized carbons (Fsp3) is 0.214. The molecule has 1 aromatic carbocycles. The largest absolute Gasteiger partial charge is 0.508 e. The van der Waals surface area contributed by atoms with Crippen molar-refractivity contribution in [3.8, 4) is 16.9 Å². The molecule has 0 aliphatic rings. The number of aromatic amines is 1. The summed E-state index contributed by atoms with van der Waals surface area (Å²) < 4.78 is 0. The van der Waals surface area contributed by atoms with Gasteiger partial charge in [0.2, 0.25) is 5.56 Å². The average Bonchev–Trinajstić information content (AvgIpc) is 2.27. The Morgan fingerprint density at radius 3 is 2.71 bits per heavy atom. The number of nitrogens with one attached hydrogen (secondary N) is 1. The molecule has 0 saturated heterocycles. The number of rotatable bonds is 2. The number of phenols is 1. The molecule has 0 atom stereocenters. The van der Waals surface area contributed by atoms with E-state index in [0.717, 1.165) is 28.8 Å². The van der Waals surface area contributed by atoms with Crippen LogP contribution in [0, 0.1) is 6.92 Å². The van der Waals surface area contributed by atoms with Gasteiger partial charge in [0, 0.05) is 17.3 Å². The predicted octanol–water partition coefficient (Wildman–Crippen LogP) is 2.62. The first-order valence-electron chi connectivity index (χ1n) is 5.64. The number of phenolic OH excluding ortho intramolecular Hbond substituents is 1. The second kappa shape index (κ2) is 4.45. The summed E-state index contributed by atoms with van der Waals surface area (Å²) in [5.41, 5.74) is 3.68. The van der Waals surface area contributed by atoms with Gasteiger partial charge >= 0.3 is 0 Å². The maximum atomic E-state index is 11.4. The van der Waals surface area contributed by atoms with E-state index in [-0.39, 0.29) is 11.3 Å². The van der Waals surface area contributed by atoms with E-state index < -0.39 is 0 Å². The van der Waals surface area contributed by atoms with Gasteiger partial charge in [-0.05, 0) is 36.6 Å². The Bertz CT molecular complexity index is 599.